The van der Waals surface area contributed by atoms with Gasteiger partial charge in [0.1, 0.15) is 0 Å². The monoisotopic (exact) mass is 241 g/mol. The Morgan fingerprint density at radius 3 is 1.76 bits per heavy atom. The molecule has 0 saturated heterocycles. The average molecular weight is 241 g/mol. The maximum absolute atomic E-state index is 2.33. The van der Waals surface area contributed by atoms with Crippen molar-refractivity contribution < 1.29 is 0 Å². The van der Waals surface area contributed by atoms with E-state index in [4.69, 9.17) is 0 Å². The minimum absolute atomic E-state index is 0.921. The highest BCUT2D eigenvalue weighted by molar-refractivity contribution is 4.60. The maximum atomic E-state index is 2.33. The molecule has 0 aromatic heterocycles. The van der Waals surface area contributed by atoms with E-state index in [9.17, 15) is 0 Å². The second-order valence-corrected chi connectivity index (χ2v) is 5.80. The predicted octanol–water partition coefficient (Wildman–Crippen LogP) is 5.11. The summed E-state index contributed by atoms with van der Waals surface area (Å²) >= 11 is 0. The molecule has 0 rings (SSSR count). The first kappa shape index (κ1) is 17.0. The largest absolute Gasteiger partial charge is 0.309 e. The van der Waals surface area contributed by atoms with E-state index >= 15 is 0 Å². The van der Waals surface area contributed by atoms with Crippen molar-refractivity contribution in [3.63, 3.8) is 0 Å². The Morgan fingerprint density at radius 1 is 0.765 bits per heavy atom. The zero-order chi connectivity index (χ0) is 12.9. The molecule has 0 fully saturated rings. The van der Waals surface area contributed by atoms with Crippen molar-refractivity contribution in [2.24, 2.45) is 5.92 Å². The molecule has 0 amide bonds. The lowest BCUT2D eigenvalue weighted by atomic mass is 9.97. The molecule has 0 heterocycles. The lowest BCUT2D eigenvalue weighted by molar-refractivity contribution is 0.299. The molecule has 1 atom stereocenters. The molecule has 0 saturated carbocycles. The van der Waals surface area contributed by atoms with E-state index in [1.165, 1.54) is 70.8 Å². The number of unbranched alkanes of at least 4 members (excludes halogenated alkanes) is 7. The molecule has 1 heteroatoms. The van der Waals surface area contributed by atoms with Crippen LogP contribution < -0.4 is 0 Å². The minimum Gasteiger partial charge on any atom is -0.309 e. The van der Waals surface area contributed by atoms with Gasteiger partial charge in [0.15, 0.2) is 0 Å². The number of rotatable bonds is 12. The molecule has 0 aliphatic carbocycles. The van der Waals surface area contributed by atoms with Crippen molar-refractivity contribution in [3.05, 3.63) is 0 Å². The second kappa shape index (κ2) is 12.4. The van der Waals surface area contributed by atoms with Gasteiger partial charge in [-0.05, 0) is 26.4 Å². The highest BCUT2D eigenvalue weighted by Gasteiger charge is 2.06. The average Bonchev–Trinajstić information content (AvgIpc) is 2.30. The molecule has 0 aliphatic heterocycles. The fourth-order valence-corrected chi connectivity index (χ4v) is 2.51. The first-order valence-corrected chi connectivity index (χ1v) is 7.85. The second-order valence-electron chi connectivity index (χ2n) is 5.80. The normalized spacial score (nSPS) is 13.2. The highest BCUT2D eigenvalue weighted by Crippen LogP contribution is 2.16. The maximum Gasteiger partial charge on any atom is 0.000346 e. The standard InChI is InChI=1S/C16H35N/c1-5-7-8-9-10-11-12-13-14-16(6-2)15-17(3)4/h16H,5-15H2,1-4H3. The van der Waals surface area contributed by atoms with E-state index in [1.54, 1.807) is 0 Å². The molecule has 0 radical (unpaired) electrons. The van der Waals surface area contributed by atoms with E-state index in [-0.39, 0.29) is 0 Å². The van der Waals surface area contributed by atoms with Gasteiger partial charge in [-0.15, -0.1) is 0 Å². The third kappa shape index (κ3) is 12.2. The van der Waals surface area contributed by atoms with Crippen molar-refractivity contribution in [2.75, 3.05) is 20.6 Å². The van der Waals surface area contributed by atoms with Gasteiger partial charge >= 0.3 is 0 Å². The van der Waals surface area contributed by atoms with E-state index in [2.05, 4.69) is 32.8 Å². The van der Waals surface area contributed by atoms with Crippen molar-refractivity contribution in [2.45, 2.75) is 78.1 Å². The minimum atomic E-state index is 0.921. The zero-order valence-electron chi connectivity index (χ0n) is 12.8. The molecular formula is C16H35N. The molecule has 1 unspecified atom stereocenters. The summed E-state index contributed by atoms with van der Waals surface area (Å²) in [5.74, 6) is 0.921. The van der Waals surface area contributed by atoms with Gasteiger partial charge in [-0.25, -0.2) is 0 Å². The van der Waals surface area contributed by atoms with Crippen LogP contribution in [0.5, 0.6) is 0 Å². The highest BCUT2D eigenvalue weighted by atomic mass is 15.1. The lowest BCUT2D eigenvalue weighted by Crippen LogP contribution is -2.21. The summed E-state index contributed by atoms with van der Waals surface area (Å²) in [6.07, 6.45) is 14.3. The summed E-state index contributed by atoms with van der Waals surface area (Å²) in [5.41, 5.74) is 0. The summed E-state index contributed by atoms with van der Waals surface area (Å²) in [6, 6.07) is 0. The first-order valence-electron chi connectivity index (χ1n) is 7.85. The van der Waals surface area contributed by atoms with E-state index < -0.39 is 0 Å². The van der Waals surface area contributed by atoms with Crippen molar-refractivity contribution in [1.29, 1.82) is 0 Å². The summed E-state index contributed by atoms with van der Waals surface area (Å²) < 4.78 is 0. The summed E-state index contributed by atoms with van der Waals surface area (Å²) in [4.78, 5) is 2.33. The molecule has 0 bridgehead atoms. The summed E-state index contributed by atoms with van der Waals surface area (Å²) in [6.45, 7) is 5.89. The third-order valence-electron chi connectivity index (χ3n) is 3.67. The Kier molecular flexibility index (Phi) is 12.4. The van der Waals surface area contributed by atoms with Gasteiger partial charge in [-0.1, -0.05) is 71.6 Å². The molecule has 0 aromatic carbocycles. The van der Waals surface area contributed by atoms with Crippen LogP contribution in [0.25, 0.3) is 0 Å². The van der Waals surface area contributed by atoms with Crippen LogP contribution >= 0.6 is 0 Å². The predicted molar refractivity (Wildman–Crippen MR) is 79.6 cm³/mol. The van der Waals surface area contributed by atoms with E-state index in [0.29, 0.717) is 0 Å². The van der Waals surface area contributed by atoms with Gasteiger partial charge in [-0.2, -0.15) is 0 Å². The Labute approximate surface area is 110 Å². The topological polar surface area (TPSA) is 3.24 Å². The van der Waals surface area contributed by atoms with Crippen LogP contribution in [-0.2, 0) is 0 Å². The third-order valence-corrected chi connectivity index (χ3v) is 3.67. The fraction of sp³-hybridized carbons (Fsp3) is 1.00. The molecular weight excluding hydrogens is 206 g/mol. The SMILES string of the molecule is CCCCCCCCCCC(CC)CN(C)C. The molecule has 0 aromatic rings. The lowest BCUT2D eigenvalue weighted by Gasteiger charge is -2.19. The van der Waals surface area contributed by atoms with Crippen molar-refractivity contribution >= 4 is 0 Å². The zero-order valence-corrected chi connectivity index (χ0v) is 12.8. The molecule has 104 valence electrons. The Hall–Kier alpha value is -0.0400. The van der Waals surface area contributed by atoms with Gasteiger partial charge in [0, 0.05) is 6.54 Å². The van der Waals surface area contributed by atoms with Crippen LogP contribution in [0.15, 0.2) is 0 Å². The van der Waals surface area contributed by atoms with E-state index in [0.717, 1.165) is 5.92 Å². The number of hydrogen-bond acceptors (Lipinski definition) is 1. The summed E-state index contributed by atoms with van der Waals surface area (Å²) in [5, 5.41) is 0. The van der Waals surface area contributed by atoms with Gasteiger partial charge in [0.25, 0.3) is 0 Å². The molecule has 0 N–H and O–H groups in total. The Morgan fingerprint density at radius 2 is 1.29 bits per heavy atom. The molecule has 0 aliphatic rings. The quantitative estimate of drug-likeness (QED) is 0.429. The Balaban J connectivity index is 3.25. The van der Waals surface area contributed by atoms with Crippen LogP contribution in [0, 0.1) is 5.92 Å². The molecule has 0 spiro atoms. The van der Waals surface area contributed by atoms with Gasteiger partial charge in [0.05, 0.1) is 0 Å². The molecule has 17 heavy (non-hydrogen) atoms. The first-order chi connectivity index (χ1) is 8.20. The number of hydrogen-bond donors (Lipinski definition) is 0. The van der Waals surface area contributed by atoms with Crippen molar-refractivity contribution in [1.82, 2.24) is 4.90 Å². The van der Waals surface area contributed by atoms with Gasteiger partial charge < -0.3 is 4.90 Å². The summed E-state index contributed by atoms with van der Waals surface area (Å²) in [7, 11) is 4.38. The van der Waals surface area contributed by atoms with Crippen LogP contribution in [0.2, 0.25) is 0 Å². The number of nitrogens with zero attached hydrogens (tertiary/aromatic N) is 1. The molecule has 1 nitrogen and oxygen atoms in total. The van der Waals surface area contributed by atoms with E-state index in [1.807, 2.05) is 0 Å². The fourth-order valence-electron chi connectivity index (χ4n) is 2.51. The van der Waals surface area contributed by atoms with Crippen LogP contribution in [0.1, 0.15) is 78.1 Å². The smallest absolute Gasteiger partial charge is 0.000346 e. The Bertz CT molecular complexity index is 142. The van der Waals surface area contributed by atoms with Crippen LogP contribution in [0.3, 0.4) is 0 Å². The van der Waals surface area contributed by atoms with Crippen LogP contribution in [-0.4, -0.2) is 25.5 Å². The van der Waals surface area contributed by atoms with Crippen LogP contribution in [0.4, 0.5) is 0 Å². The van der Waals surface area contributed by atoms with Gasteiger partial charge in [-0.3, -0.25) is 0 Å². The van der Waals surface area contributed by atoms with Crippen molar-refractivity contribution in [3.8, 4) is 0 Å². The van der Waals surface area contributed by atoms with Gasteiger partial charge in [0.2, 0.25) is 0 Å².